The molecule has 0 saturated carbocycles. The summed E-state index contributed by atoms with van der Waals surface area (Å²) in [6.45, 7) is 0. The Hall–Kier alpha value is -2.00. The second-order valence-electron chi connectivity index (χ2n) is 4.04. The maximum Gasteiger partial charge on any atom is 0.161 e. The van der Waals surface area contributed by atoms with E-state index in [1.54, 1.807) is 24.5 Å². The first-order chi connectivity index (χ1) is 8.78. The number of ether oxygens (including phenoxy) is 1. The number of aromatic hydroxyl groups is 1. The average Bonchev–Trinajstić information content (AvgIpc) is 2.83. The fourth-order valence-corrected chi connectivity index (χ4v) is 3.01. The Morgan fingerprint density at radius 3 is 2.67 bits per heavy atom. The molecule has 0 spiro atoms. The minimum atomic E-state index is 0.169. The molecule has 2 nitrogen and oxygen atoms in total. The van der Waals surface area contributed by atoms with Gasteiger partial charge in [0.05, 0.1) is 7.11 Å². The highest BCUT2D eigenvalue weighted by atomic mass is 32.1. The minimum absolute atomic E-state index is 0.169. The van der Waals surface area contributed by atoms with Gasteiger partial charge >= 0.3 is 0 Å². The van der Waals surface area contributed by atoms with Gasteiger partial charge in [-0.25, -0.2) is 0 Å². The topological polar surface area (TPSA) is 29.5 Å². The van der Waals surface area contributed by atoms with E-state index in [2.05, 4.69) is 18.2 Å². The zero-order chi connectivity index (χ0) is 12.5. The van der Waals surface area contributed by atoms with Gasteiger partial charge in [-0.1, -0.05) is 18.2 Å². The smallest absolute Gasteiger partial charge is 0.161 e. The van der Waals surface area contributed by atoms with Gasteiger partial charge in [0.1, 0.15) is 0 Å². The van der Waals surface area contributed by atoms with E-state index in [0.29, 0.717) is 5.75 Å². The number of hydrogen-bond acceptors (Lipinski definition) is 3. The van der Waals surface area contributed by atoms with Gasteiger partial charge in [-0.05, 0) is 41.3 Å². The summed E-state index contributed by atoms with van der Waals surface area (Å²) in [6, 6.07) is 15.9. The van der Waals surface area contributed by atoms with Crippen LogP contribution < -0.4 is 4.74 Å². The molecule has 0 aliphatic carbocycles. The molecule has 0 aliphatic heterocycles. The largest absolute Gasteiger partial charge is 0.504 e. The normalized spacial score (nSPS) is 10.7. The Labute approximate surface area is 109 Å². The van der Waals surface area contributed by atoms with Crippen LogP contribution in [0.1, 0.15) is 0 Å². The molecule has 0 saturated heterocycles. The first-order valence-corrected chi connectivity index (χ1v) is 6.45. The van der Waals surface area contributed by atoms with Gasteiger partial charge in [0.2, 0.25) is 0 Å². The lowest BCUT2D eigenvalue weighted by molar-refractivity contribution is 0.373. The highest BCUT2D eigenvalue weighted by molar-refractivity contribution is 7.22. The van der Waals surface area contributed by atoms with Crippen LogP contribution in [0.5, 0.6) is 11.5 Å². The fraction of sp³-hybridized carbons (Fsp3) is 0.0667. The molecule has 0 fully saturated rings. The van der Waals surface area contributed by atoms with Crippen molar-refractivity contribution in [3.63, 3.8) is 0 Å². The molecule has 0 aliphatic rings. The van der Waals surface area contributed by atoms with Crippen molar-refractivity contribution in [2.24, 2.45) is 0 Å². The number of fused-ring (bicyclic) bond motifs is 1. The molecule has 1 heterocycles. The van der Waals surface area contributed by atoms with Crippen LogP contribution in [-0.4, -0.2) is 12.2 Å². The molecule has 90 valence electrons. The van der Waals surface area contributed by atoms with Crippen molar-refractivity contribution in [1.29, 1.82) is 0 Å². The highest BCUT2D eigenvalue weighted by Crippen LogP contribution is 2.37. The second kappa shape index (κ2) is 4.35. The van der Waals surface area contributed by atoms with E-state index >= 15 is 0 Å². The number of hydrogen-bond donors (Lipinski definition) is 1. The first-order valence-electron chi connectivity index (χ1n) is 5.64. The second-order valence-corrected chi connectivity index (χ2v) is 5.12. The zero-order valence-corrected chi connectivity index (χ0v) is 10.7. The molecule has 1 N–H and O–H groups in total. The van der Waals surface area contributed by atoms with Crippen LogP contribution in [0.4, 0.5) is 0 Å². The Morgan fingerprint density at radius 2 is 1.89 bits per heavy atom. The molecule has 3 heteroatoms. The number of phenols is 1. The van der Waals surface area contributed by atoms with Crippen molar-refractivity contribution in [3.05, 3.63) is 48.5 Å². The molecule has 0 bridgehead atoms. The van der Waals surface area contributed by atoms with E-state index in [0.717, 1.165) is 5.56 Å². The van der Waals surface area contributed by atoms with Crippen molar-refractivity contribution in [1.82, 2.24) is 0 Å². The van der Waals surface area contributed by atoms with E-state index in [4.69, 9.17) is 4.74 Å². The third-order valence-electron chi connectivity index (χ3n) is 2.89. The van der Waals surface area contributed by atoms with E-state index < -0.39 is 0 Å². The summed E-state index contributed by atoms with van der Waals surface area (Å²) in [4.78, 5) is 1.18. The summed E-state index contributed by atoms with van der Waals surface area (Å²) in [7, 11) is 1.56. The Morgan fingerprint density at radius 1 is 1.06 bits per heavy atom. The standard InChI is InChI=1S/C15H12O2S/c1-17-13-8-11(6-7-12(13)16)15-9-10-4-2-3-5-14(10)18-15/h2-9,16H,1H3. The monoisotopic (exact) mass is 256 g/mol. The van der Waals surface area contributed by atoms with Crippen LogP contribution in [0.15, 0.2) is 48.5 Å². The fourth-order valence-electron chi connectivity index (χ4n) is 1.96. The van der Waals surface area contributed by atoms with Crippen molar-refractivity contribution < 1.29 is 9.84 Å². The van der Waals surface area contributed by atoms with Gasteiger partial charge in [-0.2, -0.15) is 0 Å². The molecule has 3 rings (SSSR count). The van der Waals surface area contributed by atoms with Gasteiger partial charge in [-0.3, -0.25) is 0 Å². The zero-order valence-electron chi connectivity index (χ0n) is 9.88. The molecule has 3 aromatic rings. The van der Waals surface area contributed by atoms with Gasteiger partial charge in [-0.15, -0.1) is 11.3 Å². The summed E-state index contributed by atoms with van der Waals surface area (Å²) in [6.07, 6.45) is 0. The van der Waals surface area contributed by atoms with Crippen LogP contribution in [0, 0.1) is 0 Å². The van der Waals surface area contributed by atoms with E-state index in [1.807, 2.05) is 24.3 Å². The number of benzene rings is 2. The highest BCUT2D eigenvalue weighted by Gasteiger charge is 2.07. The quantitative estimate of drug-likeness (QED) is 0.741. The number of phenolic OH excluding ortho intramolecular Hbond substituents is 1. The maximum atomic E-state index is 9.60. The van der Waals surface area contributed by atoms with Crippen molar-refractivity contribution >= 4 is 21.4 Å². The summed E-state index contributed by atoms with van der Waals surface area (Å²) in [5, 5.41) is 10.8. The summed E-state index contributed by atoms with van der Waals surface area (Å²) >= 11 is 1.74. The van der Waals surface area contributed by atoms with E-state index in [9.17, 15) is 5.11 Å². The number of rotatable bonds is 2. The van der Waals surface area contributed by atoms with E-state index in [-0.39, 0.29) is 5.75 Å². The first kappa shape index (κ1) is 11.1. The minimum Gasteiger partial charge on any atom is -0.504 e. The van der Waals surface area contributed by atoms with Crippen LogP contribution in [-0.2, 0) is 0 Å². The number of methoxy groups -OCH3 is 1. The summed E-state index contributed by atoms with van der Waals surface area (Å²) < 4.78 is 6.40. The summed E-state index contributed by atoms with van der Waals surface area (Å²) in [5.74, 6) is 0.673. The van der Waals surface area contributed by atoms with Crippen LogP contribution in [0.25, 0.3) is 20.5 Å². The predicted octanol–water partition coefficient (Wildman–Crippen LogP) is 4.28. The van der Waals surface area contributed by atoms with Gasteiger partial charge in [0.25, 0.3) is 0 Å². The molecular weight excluding hydrogens is 244 g/mol. The van der Waals surface area contributed by atoms with Crippen molar-refractivity contribution in [3.8, 4) is 21.9 Å². The van der Waals surface area contributed by atoms with Crippen molar-refractivity contribution in [2.45, 2.75) is 0 Å². The molecule has 0 amide bonds. The maximum absolute atomic E-state index is 9.60. The molecule has 0 unspecified atom stereocenters. The lowest BCUT2D eigenvalue weighted by atomic mass is 10.1. The molecule has 0 atom stereocenters. The van der Waals surface area contributed by atoms with Gasteiger partial charge in [0, 0.05) is 9.58 Å². The Kier molecular flexibility index (Phi) is 2.68. The SMILES string of the molecule is COc1cc(-c2cc3ccccc3s2)ccc1O. The average molecular weight is 256 g/mol. The molecule has 2 aromatic carbocycles. The lowest BCUT2D eigenvalue weighted by Crippen LogP contribution is -1.83. The molecular formula is C15H12O2S. The van der Waals surface area contributed by atoms with Gasteiger partial charge in [0.15, 0.2) is 11.5 Å². The van der Waals surface area contributed by atoms with Crippen LogP contribution in [0.2, 0.25) is 0 Å². The Bertz CT molecular complexity index is 668. The van der Waals surface area contributed by atoms with Crippen molar-refractivity contribution in [2.75, 3.05) is 7.11 Å². The third kappa shape index (κ3) is 1.83. The summed E-state index contributed by atoms with van der Waals surface area (Å²) in [5.41, 5.74) is 1.06. The predicted molar refractivity (Wildman–Crippen MR) is 75.5 cm³/mol. The molecule has 1 aromatic heterocycles. The number of thiophene rings is 1. The van der Waals surface area contributed by atoms with Crippen LogP contribution >= 0.6 is 11.3 Å². The van der Waals surface area contributed by atoms with Gasteiger partial charge < -0.3 is 9.84 Å². The molecule has 0 radical (unpaired) electrons. The molecule has 18 heavy (non-hydrogen) atoms. The van der Waals surface area contributed by atoms with E-state index in [1.165, 1.54) is 15.0 Å². The van der Waals surface area contributed by atoms with Crippen LogP contribution in [0.3, 0.4) is 0 Å². The third-order valence-corrected chi connectivity index (χ3v) is 4.05. The Balaban J connectivity index is 2.13. The lowest BCUT2D eigenvalue weighted by Gasteiger charge is -2.04.